The van der Waals surface area contributed by atoms with Crippen molar-refractivity contribution in [1.82, 2.24) is 5.32 Å². The number of rotatable bonds is 6. The number of ether oxygens (including phenoxy) is 2. The van der Waals surface area contributed by atoms with Crippen LogP contribution in [0.3, 0.4) is 0 Å². The molecule has 1 heterocycles. The smallest absolute Gasteiger partial charge is 0.408 e. The van der Waals surface area contributed by atoms with Gasteiger partial charge in [0.05, 0.1) is 5.02 Å². The Bertz CT molecular complexity index is 1070. The molecule has 174 valence electrons. The summed E-state index contributed by atoms with van der Waals surface area (Å²) in [6.07, 6.45) is 4.97. The second-order valence-electron chi connectivity index (χ2n) is 8.73. The Kier molecular flexibility index (Phi) is 7.77. The third kappa shape index (κ3) is 5.98. The van der Waals surface area contributed by atoms with Crippen LogP contribution in [0.1, 0.15) is 51.2 Å². The zero-order valence-corrected chi connectivity index (χ0v) is 20.3. The fourth-order valence-corrected chi connectivity index (χ4v) is 4.31. The Morgan fingerprint density at radius 3 is 2.56 bits per heavy atom. The Labute approximate surface area is 196 Å². The van der Waals surface area contributed by atoms with Gasteiger partial charge in [-0.1, -0.05) is 11.6 Å². The molecule has 32 heavy (non-hydrogen) atoms. The largest absolute Gasteiger partial charge is 0.444 e. The highest BCUT2D eigenvalue weighted by Gasteiger charge is 2.27. The van der Waals surface area contributed by atoms with Crippen LogP contribution in [0, 0.1) is 0 Å². The van der Waals surface area contributed by atoms with Gasteiger partial charge in [0.15, 0.2) is 5.75 Å². The van der Waals surface area contributed by atoms with Gasteiger partial charge in [0.1, 0.15) is 17.2 Å². The number of hydrogen-bond donors (Lipinski definition) is 1. The van der Waals surface area contributed by atoms with Gasteiger partial charge in [0, 0.05) is 17.0 Å². The number of benzene rings is 1. The maximum Gasteiger partial charge on any atom is 0.408 e. The van der Waals surface area contributed by atoms with E-state index in [-0.39, 0.29) is 16.4 Å². The number of thioether (sulfide) groups is 1. The lowest BCUT2D eigenvalue weighted by atomic mass is 9.91. The Balaban J connectivity index is 1.85. The monoisotopic (exact) mass is 481 g/mol. The fourth-order valence-electron chi connectivity index (χ4n) is 3.64. The first kappa shape index (κ1) is 24.5. The van der Waals surface area contributed by atoms with E-state index in [4.69, 9.17) is 25.5 Å². The lowest BCUT2D eigenvalue weighted by molar-refractivity contribution is -0.136. The van der Waals surface area contributed by atoms with Crippen LogP contribution in [-0.4, -0.2) is 35.7 Å². The van der Waals surface area contributed by atoms with E-state index in [2.05, 4.69) is 5.32 Å². The van der Waals surface area contributed by atoms with E-state index in [0.717, 1.165) is 30.2 Å². The highest BCUT2D eigenvalue weighted by molar-refractivity contribution is 7.98. The van der Waals surface area contributed by atoms with Crippen molar-refractivity contribution in [1.29, 1.82) is 0 Å². The molecule has 1 atom stereocenters. The van der Waals surface area contributed by atoms with Gasteiger partial charge in [-0.25, -0.2) is 14.4 Å². The lowest BCUT2D eigenvalue weighted by Gasteiger charge is -2.23. The third-order valence-electron chi connectivity index (χ3n) is 5.07. The van der Waals surface area contributed by atoms with E-state index < -0.39 is 23.7 Å². The van der Waals surface area contributed by atoms with Gasteiger partial charge in [0.2, 0.25) is 0 Å². The van der Waals surface area contributed by atoms with E-state index in [1.807, 2.05) is 6.26 Å². The molecular weight excluding hydrogens is 454 g/mol. The van der Waals surface area contributed by atoms with Gasteiger partial charge >= 0.3 is 17.7 Å². The average molecular weight is 482 g/mol. The van der Waals surface area contributed by atoms with Crippen LogP contribution >= 0.6 is 23.4 Å². The lowest BCUT2D eigenvalue weighted by Crippen LogP contribution is -2.45. The van der Waals surface area contributed by atoms with E-state index in [9.17, 15) is 14.4 Å². The van der Waals surface area contributed by atoms with Gasteiger partial charge < -0.3 is 19.2 Å². The van der Waals surface area contributed by atoms with Gasteiger partial charge in [-0.05, 0) is 76.5 Å². The number of fused-ring (bicyclic) bond motifs is 3. The van der Waals surface area contributed by atoms with Crippen molar-refractivity contribution in [3.63, 3.8) is 0 Å². The molecule has 9 heteroatoms. The van der Waals surface area contributed by atoms with Crippen molar-refractivity contribution in [3.8, 4) is 5.75 Å². The molecule has 0 radical (unpaired) electrons. The summed E-state index contributed by atoms with van der Waals surface area (Å²) >= 11 is 7.96. The minimum absolute atomic E-state index is 0.0724. The molecule has 0 saturated heterocycles. The SMILES string of the molecule is CSCCC(NC(=O)OC(C)(C)C)C(=O)Oc1cc2oc(=O)c3c(c2cc1Cl)CCCC3. The second-order valence-corrected chi connectivity index (χ2v) is 10.1. The number of esters is 1. The van der Waals surface area contributed by atoms with Crippen LogP contribution in [0.4, 0.5) is 4.79 Å². The molecule has 0 saturated carbocycles. The molecule has 0 spiro atoms. The minimum atomic E-state index is -0.917. The molecule has 1 aromatic heterocycles. The number of hydrogen-bond acceptors (Lipinski definition) is 7. The summed E-state index contributed by atoms with van der Waals surface area (Å²) in [4.78, 5) is 37.4. The number of nitrogens with one attached hydrogen (secondary N) is 1. The van der Waals surface area contributed by atoms with E-state index in [1.54, 1.807) is 26.8 Å². The summed E-state index contributed by atoms with van der Waals surface area (Å²) in [5, 5.41) is 3.56. The highest BCUT2D eigenvalue weighted by Crippen LogP contribution is 2.34. The molecule has 1 aliphatic rings. The number of aryl methyl sites for hydroxylation is 1. The van der Waals surface area contributed by atoms with Crippen molar-refractivity contribution in [2.24, 2.45) is 0 Å². The number of amides is 1. The maximum atomic E-state index is 12.9. The van der Waals surface area contributed by atoms with Crippen molar-refractivity contribution in [2.75, 3.05) is 12.0 Å². The molecule has 2 aromatic rings. The normalized spacial score (nSPS) is 14.5. The topological polar surface area (TPSA) is 94.8 Å². The van der Waals surface area contributed by atoms with Crippen molar-refractivity contribution in [3.05, 3.63) is 38.7 Å². The second kappa shape index (κ2) is 10.2. The van der Waals surface area contributed by atoms with Crippen molar-refractivity contribution >= 4 is 46.4 Å². The van der Waals surface area contributed by atoms with Crippen LogP contribution < -0.4 is 15.7 Å². The highest BCUT2D eigenvalue weighted by atomic mass is 35.5. The van der Waals surface area contributed by atoms with Gasteiger partial charge in [-0.2, -0.15) is 11.8 Å². The molecular formula is C23H28ClNO6S. The van der Waals surface area contributed by atoms with Crippen molar-refractivity contribution < 1.29 is 23.5 Å². The molecule has 7 nitrogen and oxygen atoms in total. The zero-order valence-electron chi connectivity index (χ0n) is 18.7. The van der Waals surface area contributed by atoms with Crippen LogP contribution in [0.5, 0.6) is 5.75 Å². The van der Waals surface area contributed by atoms with Crippen LogP contribution in [0.25, 0.3) is 11.0 Å². The van der Waals surface area contributed by atoms with Gasteiger partial charge in [-0.15, -0.1) is 0 Å². The first-order valence-electron chi connectivity index (χ1n) is 10.6. The van der Waals surface area contributed by atoms with Crippen LogP contribution in [0.2, 0.25) is 5.02 Å². The molecule has 1 aromatic carbocycles. The summed E-state index contributed by atoms with van der Waals surface area (Å²) in [6.45, 7) is 5.22. The quantitative estimate of drug-likeness (QED) is 0.357. The molecule has 0 fully saturated rings. The summed E-state index contributed by atoms with van der Waals surface area (Å²) < 4.78 is 16.3. The molecule has 1 N–H and O–H groups in total. The van der Waals surface area contributed by atoms with Crippen LogP contribution in [-0.2, 0) is 22.4 Å². The minimum Gasteiger partial charge on any atom is -0.444 e. The Morgan fingerprint density at radius 1 is 1.22 bits per heavy atom. The predicted molar refractivity (Wildman–Crippen MR) is 126 cm³/mol. The maximum absolute atomic E-state index is 12.9. The number of carbonyl (C=O) groups excluding carboxylic acids is 2. The third-order valence-corrected chi connectivity index (χ3v) is 6.01. The molecule has 3 rings (SSSR count). The van der Waals surface area contributed by atoms with Crippen LogP contribution in [0.15, 0.2) is 21.3 Å². The number of halogens is 1. The summed E-state index contributed by atoms with van der Waals surface area (Å²) in [6, 6.07) is 2.22. The van der Waals surface area contributed by atoms with E-state index >= 15 is 0 Å². The predicted octanol–water partition coefficient (Wildman–Crippen LogP) is 4.88. The van der Waals surface area contributed by atoms with E-state index in [1.165, 1.54) is 17.8 Å². The molecule has 1 amide bonds. The standard InChI is InChI=1S/C23H28ClNO6S/c1-23(2,3)31-22(28)25-17(9-10-32-4)21(27)30-19-12-18-15(11-16(19)24)13-7-5-6-8-14(13)20(26)29-18/h11-12,17H,5-10H2,1-4H3,(H,25,28). The van der Waals surface area contributed by atoms with Gasteiger partial charge in [0.25, 0.3) is 0 Å². The summed E-state index contributed by atoms with van der Waals surface area (Å²) in [7, 11) is 0. The van der Waals surface area contributed by atoms with Crippen molar-refractivity contribution in [2.45, 2.75) is 64.5 Å². The first-order valence-corrected chi connectivity index (χ1v) is 12.3. The molecule has 1 unspecified atom stereocenters. The summed E-state index contributed by atoms with van der Waals surface area (Å²) in [5.41, 5.74) is 0.908. The number of carbonyl (C=O) groups is 2. The zero-order chi connectivity index (χ0) is 23.5. The average Bonchev–Trinajstić information content (AvgIpc) is 2.71. The van der Waals surface area contributed by atoms with E-state index in [0.29, 0.717) is 29.7 Å². The fraction of sp³-hybridized carbons (Fsp3) is 0.522. The molecule has 0 aliphatic heterocycles. The molecule has 0 bridgehead atoms. The summed E-state index contributed by atoms with van der Waals surface area (Å²) in [5.74, 6) is 0.0249. The Morgan fingerprint density at radius 2 is 1.91 bits per heavy atom. The molecule has 1 aliphatic carbocycles. The number of alkyl carbamates (subject to hydrolysis) is 1. The Hall–Kier alpha value is -2.19. The van der Waals surface area contributed by atoms with Gasteiger partial charge in [-0.3, -0.25) is 0 Å². The first-order chi connectivity index (χ1) is 15.1.